The van der Waals surface area contributed by atoms with Crippen molar-refractivity contribution >= 4 is 17.4 Å². The van der Waals surface area contributed by atoms with E-state index in [1.165, 1.54) is 32.0 Å². The lowest BCUT2D eigenvalue weighted by molar-refractivity contribution is -0.385. The van der Waals surface area contributed by atoms with Gasteiger partial charge in [0.15, 0.2) is 0 Å². The van der Waals surface area contributed by atoms with E-state index in [2.05, 4.69) is 0 Å². The lowest BCUT2D eigenvalue weighted by atomic mass is 10.2. The van der Waals surface area contributed by atoms with Crippen molar-refractivity contribution in [3.8, 4) is 17.6 Å². The van der Waals surface area contributed by atoms with Gasteiger partial charge < -0.3 is 9.47 Å². The van der Waals surface area contributed by atoms with Crippen molar-refractivity contribution in [2.45, 2.75) is 9.79 Å². The summed E-state index contributed by atoms with van der Waals surface area (Å²) in [6.45, 7) is 0. The molecule has 112 valence electrons. The number of methoxy groups -OCH3 is 2. The molecule has 0 bridgehead atoms. The average Bonchev–Trinajstić information content (AvgIpc) is 2.54. The van der Waals surface area contributed by atoms with Crippen LogP contribution in [-0.4, -0.2) is 19.1 Å². The highest BCUT2D eigenvalue weighted by atomic mass is 32.2. The summed E-state index contributed by atoms with van der Waals surface area (Å²) in [5.41, 5.74) is -0.165. The van der Waals surface area contributed by atoms with E-state index in [9.17, 15) is 15.4 Å². The first-order valence-electron chi connectivity index (χ1n) is 6.17. The van der Waals surface area contributed by atoms with Crippen molar-refractivity contribution in [1.82, 2.24) is 0 Å². The molecule has 0 heterocycles. The van der Waals surface area contributed by atoms with Crippen LogP contribution in [0.1, 0.15) is 5.56 Å². The van der Waals surface area contributed by atoms with E-state index in [4.69, 9.17) is 9.47 Å². The molecule has 0 radical (unpaired) electrons. The Labute approximate surface area is 131 Å². The van der Waals surface area contributed by atoms with E-state index < -0.39 is 4.92 Å². The molecule has 0 fully saturated rings. The van der Waals surface area contributed by atoms with Crippen molar-refractivity contribution in [1.29, 1.82) is 5.26 Å². The van der Waals surface area contributed by atoms with E-state index >= 15 is 0 Å². The molecule has 0 atom stereocenters. The molecule has 6 nitrogen and oxygen atoms in total. The maximum Gasteiger partial charge on any atom is 0.288 e. The van der Waals surface area contributed by atoms with E-state index in [0.29, 0.717) is 16.4 Å². The van der Waals surface area contributed by atoms with Gasteiger partial charge in [0.2, 0.25) is 0 Å². The predicted octanol–water partition coefficient (Wildman–Crippen LogP) is 3.63. The molecule has 0 aromatic heterocycles. The molecule has 2 aromatic rings. The summed E-state index contributed by atoms with van der Waals surface area (Å²) in [5.74, 6) is 1.21. The minimum absolute atomic E-state index is 0.0410. The molecule has 0 amide bonds. The van der Waals surface area contributed by atoms with Crippen LogP contribution >= 0.6 is 11.8 Å². The molecule has 0 unspecified atom stereocenters. The second-order valence-corrected chi connectivity index (χ2v) is 5.28. The molecule has 7 heteroatoms. The van der Waals surface area contributed by atoms with Crippen LogP contribution < -0.4 is 9.47 Å². The number of ether oxygens (including phenoxy) is 2. The maximum absolute atomic E-state index is 11.0. The van der Waals surface area contributed by atoms with Gasteiger partial charge in [-0.05, 0) is 18.2 Å². The quantitative estimate of drug-likeness (QED) is 0.618. The fourth-order valence-electron chi connectivity index (χ4n) is 1.84. The Kier molecular flexibility index (Phi) is 4.86. The third-order valence-electron chi connectivity index (χ3n) is 2.87. The number of rotatable bonds is 5. The Morgan fingerprint density at radius 3 is 2.32 bits per heavy atom. The van der Waals surface area contributed by atoms with E-state index in [1.807, 2.05) is 6.07 Å². The summed E-state index contributed by atoms with van der Waals surface area (Å²) in [6, 6.07) is 11.7. The molecule has 2 rings (SSSR count). The highest BCUT2D eigenvalue weighted by Gasteiger charge is 2.18. The van der Waals surface area contributed by atoms with Gasteiger partial charge >= 0.3 is 0 Å². The van der Waals surface area contributed by atoms with Crippen molar-refractivity contribution in [3.05, 3.63) is 52.1 Å². The summed E-state index contributed by atoms with van der Waals surface area (Å²) in [5, 5.41) is 20.2. The molecule has 0 aliphatic carbocycles. The first-order chi connectivity index (χ1) is 10.6. The van der Waals surface area contributed by atoms with Gasteiger partial charge in [0.1, 0.15) is 23.1 Å². The molecular formula is C15H12N2O4S. The van der Waals surface area contributed by atoms with Gasteiger partial charge in [-0.15, -0.1) is 0 Å². The van der Waals surface area contributed by atoms with Gasteiger partial charge in [0.05, 0.1) is 19.1 Å². The van der Waals surface area contributed by atoms with Crippen LogP contribution in [-0.2, 0) is 0 Å². The minimum atomic E-state index is -0.561. The standard InChI is InChI=1S/C15H12N2O4S/c1-20-10-6-11(21-2)8-12(7-10)22-15-5-3-4-14(17(18)19)13(15)9-16/h3-8H,1-2H3. The number of nitro groups is 1. The van der Waals surface area contributed by atoms with Gasteiger partial charge in [-0.3, -0.25) is 10.1 Å². The predicted molar refractivity (Wildman–Crippen MR) is 81.5 cm³/mol. The Balaban J connectivity index is 2.45. The number of hydrogen-bond donors (Lipinski definition) is 0. The van der Waals surface area contributed by atoms with Gasteiger partial charge in [-0.2, -0.15) is 5.26 Å². The summed E-state index contributed by atoms with van der Waals surface area (Å²) in [4.78, 5) is 11.7. The van der Waals surface area contributed by atoms with Crippen LogP contribution in [0.3, 0.4) is 0 Å². The first-order valence-corrected chi connectivity index (χ1v) is 6.99. The first kappa shape index (κ1) is 15.7. The molecule has 0 aliphatic rings. The van der Waals surface area contributed by atoms with Gasteiger partial charge in [0, 0.05) is 21.9 Å². The fourth-order valence-corrected chi connectivity index (χ4v) is 2.84. The highest BCUT2D eigenvalue weighted by Crippen LogP contribution is 2.37. The van der Waals surface area contributed by atoms with Crippen LogP contribution in [0.15, 0.2) is 46.2 Å². The number of hydrogen-bond acceptors (Lipinski definition) is 6. The van der Waals surface area contributed by atoms with Crippen LogP contribution in [0.4, 0.5) is 5.69 Å². The second kappa shape index (κ2) is 6.83. The molecule has 2 aromatic carbocycles. The highest BCUT2D eigenvalue weighted by molar-refractivity contribution is 7.99. The number of nitriles is 1. The third-order valence-corrected chi connectivity index (χ3v) is 3.90. The number of benzene rings is 2. The SMILES string of the molecule is COc1cc(OC)cc(Sc2cccc([N+](=O)[O-])c2C#N)c1. The van der Waals surface area contributed by atoms with Gasteiger partial charge in [-0.1, -0.05) is 17.8 Å². The van der Waals surface area contributed by atoms with Crippen molar-refractivity contribution in [2.75, 3.05) is 14.2 Å². The summed E-state index contributed by atoms with van der Waals surface area (Å²) >= 11 is 1.24. The largest absolute Gasteiger partial charge is 0.497 e. The van der Waals surface area contributed by atoms with Crippen LogP contribution in [0.2, 0.25) is 0 Å². The number of nitrogens with zero attached hydrogens (tertiary/aromatic N) is 2. The van der Waals surface area contributed by atoms with Gasteiger partial charge in [0.25, 0.3) is 5.69 Å². The van der Waals surface area contributed by atoms with Crippen LogP contribution in [0.25, 0.3) is 0 Å². The Hall–Kier alpha value is -2.72. The topological polar surface area (TPSA) is 85.4 Å². The maximum atomic E-state index is 11.0. The van der Waals surface area contributed by atoms with Crippen LogP contribution in [0.5, 0.6) is 11.5 Å². The molecule has 0 saturated heterocycles. The second-order valence-electron chi connectivity index (χ2n) is 4.17. The van der Waals surface area contributed by atoms with E-state index in [1.54, 1.807) is 30.3 Å². The summed E-state index contributed by atoms with van der Waals surface area (Å²) in [6.07, 6.45) is 0. The van der Waals surface area contributed by atoms with Gasteiger partial charge in [-0.25, -0.2) is 0 Å². The Morgan fingerprint density at radius 2 is 1.82 bits per heavy atom. The van der Waals surface area contributed by atoms with Crippen molar-refractivity contribution in [3.63, 3.8) is 0 Å². The number of nitro benzene ring substituents is 1. The van der Waals surface area contributed by atoms with E-state index in [0.717, 1.165) is 4.90 Å². The van der Waals surface area contributed by atoms with Crippen molar-refractivity contribution in [2.24, 2.45) is 0 Å². The van der Waals surface area contributed by atoms with Crippen molar-refractivity contribution < 1.29 is 14.4 Å². The zero-order valence-electron chi connectivity index (χ0n) is 11.9. The lowest BCUT2D eigenvalue weighted by Gasteiger charge is -2.09. The zero-order chi connectivity index (χ0) is 16.1. The average molecular weight is 316 g/mol. The molecule has 0 saturated carbocycles. The monoisotopic (exact) mass is 316 g/mol. The Bertz CT molecular complexity index is 733. The summed E-state index contributed by atoms with van der Waals surface area (Å²) < 4.78 is 10.4. The summed E-state index contributed by atoms with van der Waals surface area (Å²) in [7, 11) is 3.08. The Morgan fingerprint density at radius 1 is 1.18 bits per heavy atom. The normalized spacial score (nSPS) is 9.86. The van der Waals surface area contributed by atoms with Crippen LogP contribution in [0, 0.1) is 21.4 Å². The molecular weight excluding hydrogens is 304 g/mol. The zero-order valence-corrected chi connectivity index (χ0v) is 12.7. The fraction of sp³-hybridized carbons (Fsp3) is 0.133. The lowest BCUT2D eigenvalue weighted by Crippen LogP contribution is -1.94. The molecule has 0 aliphatic heterocycles. The molecule has 0 N–H and O–H groups in total. The molecule has 0 spiro atoms. The minimum Gasteiger partial charge on any atom is -0.497 e. The smallest absolute Gasteiger partial charge is 0.288 e. The third kappa shape index (κ3) is 3.30. The molecule has 22 heavy (non-hydrogen) atoms. The van der Waals surface area contributed by atoms with E-state index in [-0.39, 0.29) is 11.3 Å².